The molecule has 130 valence electrons. The molecule has 0 fully saturated rings. The molecule has 0 atom stereocenters. The van der Waals surface area contributed by atoms with Gasteiger partial charge in [0.2, 0.25) is 5.78 Å². The first-order valence-electron chi connectivity index (χ1n) is 7.99. The van der Waals surface area contributed by atoms with Crippen LogP contribution >= 0.6 is 23.2 Å². The van der Waals surface area contributed by atoms with Crippen molar-refractivity contribution < 1.29 is 14.3 Å². The second-order valence-electron chi connectivity index (χ2n) is 6.02. The Balaban J connectivity index is 1.80. The van der Waals surface area contributed by atoms with Crippen LogP contribution in [0.25, 0.3) is 0 Å². The van der Waals surface area contributed by atoms with Gasteiger partial charge >= 0.3 is 5.97 Å². The third-order valence-electron chi connectivity index (χ3n) is 4.30. The van der Waals surface area contributed by atoms with Crippen LogP contribution in [0, 0.1) is 0 Å². The summed E-state index contributed by atoms with van der Waals surface area (Å²) in [5.74, 6) is -0.132. The molecule has 0 saturated carbocycles. The van der Waals surface area contributed by atoms with E-state index in [2.05, 4.69) is 0 Å². The van der Waals surface area contributed by atoms with Gasteiger partial charge in [0.05, 0.1) is 22.8 Å². The molecule has 26 heavy (non-hydrogen) atoms. The molecular formula is C20H13Cl2NO3. The molecule has 1 aromatic heterocycles. The zero-order valence-corrected chi connectivity index (χ0v) is 15.1. The molecule has 0 aliphatic carbocycles. The van der Waals surface area contributed by atoms with Crippen LogP contribution in [0.2, 0.25) is 10.0 Å². The SMILES string of the molecule is O=C1Cc2c(cc(C(=O)c3ccc(Cl)cc3Cl)n2Cc2ccccc2)O1. The summed E-state index contributed by atoms with van der Waals surface area (Å²) in [6, 6.07) is 16.1. The van der Waals surface area contributed by atoms with Crippen molar-refractivity contribution in [2.24, 2.45) is 0 Å². The summed E-state index contributed by atoms with van der Waals surface area (Å²) in [5.41, 5.74) is 2.50. The molecule has 3 aromatic rings. The van der Waals surface area contributed by atoms with Crippen molar-refractivity contribution in [1.29, 1.82) is 0 Å². The smallest absolute Gasteiger partial charge is 0.317 e. The molecule has 4 nitrogen and oxygen atoms in total. The molecule has 1 aliphatic heterocycles. The Labute approximate surface area is 159 Å². The largest absolute Gasteiger partial charge is 0.424 e. The molecule has 0 amide bonds. The second kappa shape index (κ2) is 6.63. The average Bonchev–Trinajstić information content (AvgIpc) is 3.13. The summed E-state index contributed by atoms with van der Waals surface area (Å²) < 4.78 is 7.06. The van der Waals surface area contributed by atoms with E-state index in [1.807, 2.05) is 34.9 Å². The molecule has 2 heterocycles. The zero-order valence-electron chi connectivity index (χ0n) is 13.5. The van der Waals surface area contributed by atoms with Crippen LogP contribution < -0.4 is 4.74 Å². The molecule has 0 unspecified atom stereocenters. The highest BCUT2D eigenvalue weighted by molar-refractivity contribution is 6.37. The fourth-order valence-corrected chi connectivity index (χ4v) is 3.57. The number of nitrogens with zero attached hydrogens (tertiary/aromatic N) is 1. The van der Waals surface area contributed by atoms with Crippen LogP contribution in [-0.2, 0) is 17.8 Å². The van der Waals surface area contributed by atoms with E-state index in [9.17, 15) is 9.59 Å². The topological polar surface area (TPSA) is 48.3 Å². The van der Waals surface area contributed by atoms with Gasteiger partial charge in [-0.3, -0.25) is 9.59 Å². The maximum atomic E-state index is 13.1. The minimum atomic E-state index is -0.319. The Bertz CT molecular complexity index is 1030. The van der Waals surface area contributed by atoms with Crippen LogP contribution in [0.5, 0.6) is 5.75 Å². The van der Waals surface area contributed by atoms with Gasteiger partial charge in [-0.15, -0.1) is 0 Å². The molecule has 0 N–H and O–H groups in total. The minimum Gasteiger partial charge on any atom is -0.424 e. The van der Waals surface area contributed by atoms with Gasteiger partial charge in [0.15, 0.2) is 5.75 Å². The number of rotatable bonds is 4. The fraction of sp³-hybridized carbons (Fsp3) is 0.100. The average molecular weight is 386 g/mol. The number of ketones is 1. The van der Waals surface area contributed by atoms with Crippen molar-refractivity contribution in [2.45, 2.75) is 13.0 Å². The molecule has 0 spiro atoms. The number of halogens is 2. The van der Waals surface area contributed by atoms with Gasteiger partial charge in [0.25, 0.3) is 0 Å². The van der Waals surface area contributed by atoms with E-state index in [-0.39, 0.29) is 23.2 Å². The summed E-state index contributed by atoms with van der Waals surface area (Å²) in [5, 5.41) is 0.745. The van der Waals surface area contributed by atoms with E-state index < -0.39 is 0 Å². The lowest BCUT2D eigenvalue weighted by molar-refractivity contribution is -0.131. The lowest BCUT2D eigenvalue weighted by atomic mass is 10.1. The fourth-order valence-electron chi connectivity index (χ4n) is 3.08. The number of carbonyl (C=O) groups excluding carboxylic acids is 2. The van der Waals surface area contributed by atoms with Crippen LogP contribution in [0.1, 0.15) is 27.3 Å². The first-order valence-corrected chi connectivity index (χ1v) is 8.75. The van der Waals surface area contributed by atoms with Gasteiger partial charge in [-0.05, 0) is 23.8 Å². The molecule has 4 rings (SSSR count). The number of aromatic nitrogens is 1. The first kappa shape index (κ1) is 16.9. The Kier molecular flexibility index (Phi) is 4.31. The van der Waals surface area contributed by atoms with Crippen LogP contribution in [0.3, 0.4) is 0 Å². The molecule has 1 aliphatic rings. The monoisotopic (exact) mass is 385 g/mol. The molecule has 0 saturated heterocycles. The number of carbonyl (C=O) groups is 2. The summed E-state index contributed by atoms with van der Waals surface area (Å²) in [4.78, 5) is 24.7. The third-order valence-corrected chi connectivity index (χ3v) is 4.84. The second-order valence-corrected chi connectivity index (χ2v) is 6.86. The molecular weight excluding hydrogens is 373 g/mol. The number of fused-ring (bicyclic) bond motifs is 1. The highest BCUT2D eigenvalue weighted by Gasteiger charge is 2.30. The maximum absolute atomic E-state index is 13.1. The predicted molar refractivity (Wildman–Crippen MR) is 99.2 cm³/mol. The molecule has 0 bridgehead atoms. The van der Waals surface area contributed by atoms with Crippen molar-refractivity contribution in [3.8, 4) is 5.75 Å². The Morgan fingerprint density at radius 1 is 1.08 bits per heavy atom. The summed E-state index contributed by atoms with van der Waals surface area (Å²) in [6.07, 6.45) is 0.143. The van der Waals surface area contributed by atoms with Crippen LogP contribution in [0.15, 0.2) is 54.6 Å². The van der Waals surface area contributed by atoms with Gasteiger partial charge in [-0.1, -0.05) is 53.5 Å². The van der Waals surface area contributed by atoms with Crippen molar-refractivity contribution in [2.75, 3.05) is 0 Å². The number of hydrogen-bond acceptors (Lipinski definition) is 3. The van der Waals surface area contributed by atoms with Gasteiger partial charge in [-0.2, -0.15) is 0 Å². The normalized spacial score (nSPS) is 12.8. The molecule has 0 radical (unpaired) electrons. The van der Waals surface area contributed by atoms with E-state index in [1.165, 1.54) is 6.07 Å². The predicted octanol–water partition coefficient (Wildman–Crippen LogP) is 4.54. The standard InChI is InChI=1S/C20H13Cl2NO3/c21-13-6-7-14(15(22)8-13)20(25)17-9-18-16(10-19(24)26-18)23(17)11-12-4-2-1-3-5-12/h1-9H,10-11H2. The van der Waals surface area contributed by atoms with Crippen molar-refractivity contribution in [3.63, 3.8) is 0 Å². The van der Waals surface area contributed by atoms with Gasteiger partial charge in [0.1, 0.15) is 0 Å². The van der Waals surface area contributed by atoms with Crippen molar-refractivity contribution in [1.82, 2.24) is 4.57 Å². The third kappa shape index (κ3) is 3.02. The van der Waals surface area contributed by atoms with E-state index in [0.29, 0.717) is 34.3 Å². The summed E-state index contributed by atoms with van der Waals surface area (Å²) in [7, 11) is 0. The Morgan fingerprint density at radius 3 is 2.58 bits per heavy atom. The summed E-state index contributed by atoms with van der Waals surface area (Å²) in [6.45, 7) is 0.457. The summed E-state index contributed by atoms with van der Waals surface area (Å²) >= 11 is 12.1. The van der Waals surface area contributed by atoms with E-state index in [4.69, 9.17) is 27.9 Å². The molecule has 6 heteroatoms. The van der Waals surface area contributed by atoms with Crippen molar-refractivity contribution >= 4 is 35.0 Å². The Morgan fingerprint density at radius 2 is 1.85 bits per heavy atom. The van der Waals surface area contributed by atoms with Crippen molar-refractivity contribution in [3.05, 3.63) is 87.2 Å². The lowest BCUT2D eigenvalue weighted by Crippen LogP contribution is -2.15. The van der Waals surface area contributed by atoms with Gasteiger partial charge in [0, 0.05) is 23.2 Å². The van der Waals surface area contributed by atoms with Crippen LogP contribution in [-0.4, -0.2) is 16.3 Å². The highest BCUT2D eigenvalue weighted by Crippen LogP contribution is 2.33. The number of esters is 1. The van der Waals surface area contributed by atoms with Crippen LogP contribution in [0.4, 0.5) is 0 Å². The van der Waals surface area contributed by atoms with Gasteiger partial charge < -0.3 is 9.30 Å². The van der Waals surface area contributed by atoms with E-state index in [0.717, 1.165) is 5.56 Å². The van der Waals surface area contributed by atoms with E-state index >= 15 is 0 Å². The highest BCUT2D eigenvalue weighted by atomic mass is 35.5. The molecule has 2 aromatic carbocycles. The minimum absolute atomic E-state index is 0.143. The number of hydrogen-bond donors (Lipinski definition) is 0. The number of benzene rings is 2. The first-order chi connectivity index (χ1) is 12.5. The quantitative estimate of drug-likeness (QED) is 0.489. The maximum Gasteiger partial charge on any atom is 0.317 e. The Hall–Kier alpha value is -2.56. The number of ether oxygens (including phenoxy) is 1. The lowest BCUT2D eigenvalue weighted by Gasteiger charge is -2.12. The van der Waals surface area contributed by atoms with E-state index in [1.54, 1.807) is 18.2 Å². The zero-order chi connectivity index (χ0) is 18.3. The van der Waals surface area contributed by atoms with Gasteiger partial charge in [-0.25, -0.2) is 0 Å².